The minimum atomic E-state index is 0.274. The summed E-state index contributed by atoms with van der Waals surface area (Å²) in [5.41, 5.74) is 1.10. The molecule has 0 aromatic carbocycles. The van der Waals surface area contributed by atoms with E-state index in [4.69, 9.17) is 0 Å². The van der Waals surface area contributed by atoms with Crippen LogP contribution in [-0.4, -0.2) is 31.5 Å². The Morgan fingerprint density at radius 2 is 2.44 bits per heavy atom. The van der Waals surface area contributed by atoms with Gasteiger partial charge in [-0.05, 0) is 13.0 Å². The molecule has 6 heteroatoms. The predicted molar refractivity (Wildman–Crippen MR) is 59.7 cm³/mol. The monoisotopic (exact) mass is 220 g/mol. The van der Waals surface area contributed by atoms with E-state index in [-0.39, 0.29) is 6.04 Å². The van der Waals surface area contributed by atoms with Crippen molar-refractivity contribution >= 4 is 0 Å². The largest absolute Gasteiger partial charge is 0.321 e. The molecule has 0 amide bonds. The van der Waals surface area contributed by atoms with Crippen molar-refractivity contribution in [3.05, 3.63) is 30.1 Å². The molecule has 0 spiro atoms. The fourth-order valence-corrected chi connectivity index (χ4v) is 1.55. The van der Waals surface area contributed by atoms with Gasteiger partial charge in [-0.2, -0.15) is 5.10 Å². The number of nitrogens with one attached hydrogen (secondary N) is 2. The summed E-state index contributed by atoms with van der Waals surface area (Å²) in [5.74, 6) is 0.990. The first kappa shape index (κ1) is 10.8. The average Bonchev–Trinajstić information content (AvgIpc) is 2.90. The molecule has 0 fully saturated rings. The number of aromatic amines is 1. The molecule has 0 radical (unpaired) electrons. The van der Waals surface area contributed by atoms with Gasteiger partial charge in [-0.25, -0.2) is 0 Å². The second-order valence-corrected chi connectivity index (χ2v) is 3.80. The smallest absolute Gasteiger partial charge is 0.133 e. The maximum atomic E-state index is 4.03. The number of hydrogen-bond donors (Lipinski definition) is 2. The SMILES string of the molecule is CC(NCCc1nncn1C)c1ccn[nH]1. The van der Waals surface area contributed by atoms with Crippen LogP contribution in [0.25, 0.3) is 0 Å². The maximum absolute atomic E-state index is 4.03. The van der Waals surface area contributed by atoms with Crippen molar-refractivity contribution in [3.8, 4) is 0 Å². The van der Waals surface area contributed by atoms with Crippen LogP contribution in [0.3, 0.4) is 0 Å². The van der Waals surface area contributed by atoms with E-state index in [0.717, 1.165) is 24.5 Å². The molecule has 0 aliphatic heterocycles. The summed E-state index contributed by atoms with van der Waals surface area (Å²) >= 11 is 0. The highest BCUT2D eigenvalue weighted by atomic mass is 15.2. The lowest BCUT2D eigenvalue weighted by atomic mass is 10.2. The summed E-state index contributed by atoms with van der Waals surface area (Å²) in [7, 11) is 1.95. The molecular weight excluding hydrogens is 204 g/mol. The zero-order chi connectivity index (χ0) is 11.4. The molecule has 16 heavy (non-hydrogen) atoms. The number of rotatable bonds is 5. The molecule has 86 valence electrons. The quantitative estimate of drug-likeness (QED) is 0.766. The first-order valence-corrected chi connectivity index (χ1v) is 5.33. The van der Waals surface area contributed by atoms with Crippen molar-refractivity contribution in [3.63, 3.8) is 0 Å². The van der Waals surface area contributed by atoms with E-state index in [1.165, 1.54) is 0 Å². The number of aryl methyl sites for hydroxylation is 1. The lowest BCUT2D eigenvalue weighted by molar-refractivity contribution is 0.552. The van der Waals surface area contributed by atoms with Gasteiger partial charge in [0, 0.05) is 32.3 Å². The van der Waals surface area contributed by atoms with Crippen LogP contribution < -0.4 is 5.32 Å². The van der Waals surface area contributed by atoms with Crippen LogP contribution in [-0.2, 0) is 13.5 Å². The van der Waals surface area contributed by atoms with Gasteiger partial charge in [0.05, 0.1) is 5.69 Å². The first-order chi connectivity index (χ1) is 7.77. The summed E-state index contributed by atoms with van der Waals surface area (Å²) in [4.78, 5) is 0. The molecule has 1 atom stereocenters. The summed E-state index contributed by atoms with van der Waals surface area (Å²) in [6, 6.07) is 2.25. The molecule has 2 aromatic rings. The highest BCUT2D eigenvalue weighted by molar-refractivity contribution is 5.03. The van der Waals surface area contributed by atoms with Gasteiger partial charge in [-0.1, -0.05) is 0 Å². The number of H-pyrrole nitrogens is 1. The fourth-order valence-electron chi connectivity index (χ4n) is 1.55. The zero-order valence-electron chi connectivity index (χ0n) is 9.51. The summed E-state index contributed by atoms with van der Waals surface area (Å²) in [6.07, 6.45) is 4.35. The predicted octanol–water partition coefficient (Wildman–Crippen LogP) is 0.431. The van der Waals surface area contributed by atoms with E-state index in [0.29, 0.717) is 0 Å². The third kappa shape index (κ3) is 2.46. The van der Waals surface area contributed by atoms with Crippen molar-refractivity contribution in [2.75, 3.05) is 6.54 Å². The van der Waals surface area contributed by atoms with Crippen molar-refractivity contribution in [2.45, 2.75) is 19.4 Å². The Morgan fingerprint density at radius 3 is 3.06 bits per heavy atom. The molecule has 2 rings (SSSR count). The van der Waals surface area contributed by atoms with Crippen LogP contribution in [0.1, 0.15) is 24.5 Å². The van der Waals surface area contributed by atoms with Crippen LogP contribution in [0.4, 0.5) is 0 Å². The molecule has 6 nitrogen and oxygen atoms in total. The highest BCUT2D eigenvalue weighted by Gasteiger charge is 2.06. The number of hydrogen-bond acceptors (Lipinski definition) is 4. The Kier molecular flexibility index (Phi) is 3.31. The Bertz CT molecular complexity index is 418. The Morgan fingerprint density at radius 1 is 1.56 bits per heavy atom. The van der Waals surface area contributed by atoms with Gasteiger partial charge in [-0.3, -0.25) is 5.10 Å². The van der Waals surface area contributed by atoms with E-state index in [9.17, 15) is 0 Å². The maximum Gasteiger partial charge on any atom is 0.133 e. The van der Waals surface area contributed by atoms with Crippen LogP contribution in [0.5, 0.6) is 0 Å². The normalized spacial score (nSPS) is 12.9. The first-order valence-electron chi connectivity index (χ1n) is 5.33. The molecule has 2 N–H and O–H groups in total. The average molecular weight is 220 g/mol. The Labute approximate surface area is 94.1 Å². The second-order valence-electron chi connectivity index (χ2n) is 3.80. The fraction of sp³-hybridized carbons (Fsp3) is 0.500. The molecule has 1 unspecified atom stereocenters. The van der Waals surface area contributed by atoms with E-state index in [1.807, 2.05) is 17.7 Å². The minimum Gasteiger partial charge on any atom is -0.321 e. The van der Waals surface area contributed by atoms with E-state index in [2.05, 4.69) is 32.6 Å². The van der Waals surface area contributed by atoms with Gasteiger partial charge < -0.3 is 9.88 Å². The van der Waals surface area contributed by atoms with Crippen molar-refractivity contribution in [1.29, 1.82) is 0 Å². The molecule has 2 aromatic heterocycles. The van der Waals surface area contributed by atoms with Crippen molar-refractivity contribution in [2.24, 2.45) is 7.05 Å². The molecule has 0 aliphatic carbocycles. The zero-order valence-corrected chi connectivity index (χ0v) is 9.51. The number of aromatic nitrogens is 5. The standard InChI is InChI=1S/C10H16N6/c1-8(9-3-6-12-14-9)11-5-4-10-15-13-7-16(10)2/h3,6-8,11H,4-5H2,1-2H3,(H,12,14). The molecule has 0 bridgehead atoms. The summed E-state index contributed by atoms with van der Waals surface area (Å²) in [5, 5.41) is 18.1. The second kappa shape index (κ2) is 4.89. The van der Waals surface area contributed by atoms with Crippen LogP contribution in [0, 0.1) is 0 Å². The highest BCUT2D eigenvalue weighted by Crippen LogP contribution is 2.06. The summed E-state index contributed by atoms with van der Waals surface area (Å²) < 4.78 is 1.93. The number of nitrogens with zero attached hydrogens (tertiary/aromatic N) is 4. The Balaban J connectivity index is 1.78. The summed E-state index contributed by atoms with van der Waals surface area (Å²) in [6.45, 7) is 2.97. The van der Waals surface area contributed by atoms with Crippen LogP contribution in [0.2, 0.25) is 0 Å². The van der Waals surface area contributed by atoms with Crippen molar-refractivity contribution < 1.29 is 0 Å². The van der Waals surface area contributed by atoms with Gasteiger partial charge in [-0.15, -0.1) is 10.2 Å². The van der Waals surface area contributed by atoms with Gasteiger partial charge in [0.15, 0.2) is 0 Å². The van der Waals surface area contributed by atoms with Gasteiger partial charge in [0.25, 0.3) is 0 Å². The van der Waals surface area contributed by atoms with Crippen LogP contribution in [0.15, 0.2) is 18.6 Å². The minimum absolute atomic E-state index is 0.274. The molecule has 2 heterocycles. The third-order valence-corrected chi connectivity index (χ3v) is 2.59. The molecule has 0 saturated heterocycles. The molecule has 0 aliphatic rings. The Hall–Kier alpha value is -1.69. The lowest BCUT2D eigenvalue weighted by Gasteiger charge is -2.11. The van der Waals surface area contributed by atoms with E-state index < -0.39 is 0 Å². The van der Waals surface area contributed by atoms with Crippen molar-refractivity contribution in [1.82, 2.24) is 30.3 Å². The lowest BCUT2D eigenvalue weighted by Crippen LogP contribution is -2.22. The van der Waals surface area contributed by atoms with Gasteiger partial charge in [0.1, 0.15) is 12.2 Å². The third-order valence-electron chi connectivity index (χ3n) is 2.59. The topological polar surface area (TPSA) is 71.4 Å². The van der Waals surface area contributed by atoms with E-state index >= 15 is 0 Å². The molecule has 0 saturated carbocycles. The van der Waals surface area contributed by atoms with E-state index in [1.54, 1.807) is 12.5 Å². The van der Waals surface area contributed by atoms with Gasteiger partial charge >= 0.3 is 0 Å². The molecular formula is C10H16N6. The van der Waals surface area contributed by atoms with Crippen LogP contribution >= 0.6 is 0 Å². The van der Waals surface area contributed by atoms with Gasteiger partial charge in [0.2, 0.25) is 0 Å².